The maximum Gasteiger partial charge on any atom is 0.251 e. The molecule has 0 saturated carbocycles. The van der Waals surface area contributed by atoms with Gasteiger partial charge in [0.05, 0.1) is 22.7 Å². The summed E-state index contributed by atoms with van der Waals surface area (Å²) in [6, 6.07) is 12.5. The summed E-state index contributed by atoms with van der Waals surface area (Å²) in [6.07, 6.45) is 1.97. The summed E-state index contributed by atoms with van der Waals surface area (Å²) < 4.78 is 38.2. The van der Waals surface area contributed by atoms with Gasteiger partial charge in [0.15, 0.2) is 5.60 Å². The summed E-state index contributed by atoms with van der Waals surface area (Å²) in [5.41, 5.74) is 1.44. The summed E-state index contributed by atoms with van der Waals surface area (Å²) in [7, 11) is 1.45. The lowest BCUT2D eigenvalue weighted by molar-refractivity contribution is 0.0539. The van der Waals surface area contributed by atoms with Crippen molar-refractivity contribution in [2.75, 3.05) is 13.6 Å². The van der Waals surface area contributed by atoms with Crippen molar-refractivity contribution in [3.8, 4) is 16.9 Å². The predicted octanol–water partition coefficient (Wildman–Crippen LogP) is 5.21. The number of fused-ring (bicyclic) bond motifs is 2. The van der Waals surface area contributed by atoms with Crippen LogP contribution in [0.1, 0.15) is 58.0 Å². The first-order chi connectivity index (χ1) is 17.9. The fraction of sp³-hybridized carbons (Fsp3) is 0.345. The van der Waals surface area contributed by atoms with Gasteiger partial charge < -0.3 is 20.5 Å². The Balaban J connectivity index is 1.61. The molecule has 1 saturated heterocycles. The highest BCUT2D eigenvalue weighted by atomic mass is 35.5. The second kappa shape index (κ2) is 9.08. The van der Waals surface area contributed by atoms with Gasteiger partial charge in [0.1, 0.15) is 17.4 Å². The van der Waals surface area contributed by atoms with Gasteiger partial charge in [-0.05, 0) is 55.0 Å². The maximum absolute atomic E-state index is 16.3. The van der Waals surface area contributed by atoms with E-state index in [-0.39, 0.29) is 33.5 Å². The molecule has 3 N–H and O–H groups in total. The van der Waals surface area contributed by atoms with Gasteiger partial charge in [0, 0.05) is 36.2 Å². The summed E-state index contributed by atoms with van der Waals surface area (Å²) in [6.45, 7) is 0.837. The van der Waals surface area contributed by atoms with E-state index in [0.29, 0.717) is 36.0 Å². The van der Waals surface area contributed by atoms with Gasteiger partial charge in [0.25, 0.3) is 5.91 Å². The molecule has 8 heteroatoms. The molecule has 2 heterocycles. The third-order valence-corrected chi connectivity index (χ3v) is 8.42. The molecule has 1 fully saturated rings. The van der Waals surface area contributed by atoms with Gasteiger partial charge in [-0.1, -0.05) is 41.9 Å². The molecule has 0 radical (unpaired) electrons. The van der Waals surface area contributed by atoms with E-state index in [1.54, 1.807) is 0 Å². The highest BCUT2D eigenvalue weighted by Crippen LogP contribution is 2.53. The number of aliphatic hydroxyl groups is 1. The molecule has 3 aromatic rings. The molecule has 0 spiro atoms. The van der Waals surface area contributed by atoms with Crippen LogP contribution in [0.2, 0.25) is 5.02 Å². The molecule has 0 unspecified atom stereocenters. The van der Waals surface area contributed by atoms with E-state index >= 15 is 8.78 Å². The number of ether oxygens (including phenoxy) is 1. The van der Waals surface area contributed by atoms with Gasteiger partial charge in [-0.25, -0.2) is 8.78 Å². The molecule has 3 atom stereocenters. The van der Waals surface area contributed by atoms with Crippen LogP contribution in [0.4, 0.5) is 8.78 Å². The molecular weight excluding hydrogens is 498 g/mol. The van der Waals surface area contributed by atoms with E-state index in [0.717, 1.165) is 24.9 Å². The largest absolute Gasteiger partial charge is 0.480 e. The molecule has 3 aliphatic rings. The average Bonchev–Trinajstić information content (AvgIpc) is 3.65. The Labute approximate surface area is 218 Å². The van der Waals surface area contributed by atoms with Crippen molar-refractivity contribution in [2.45, 2.75) is 49.9 Å². The summed E-state index contributed by atoms with van der Waals surface area (Å²) in [5.74, 6) is -1.66. The van der Waals surface area contributed by atoms with Crippen LogP contribution in [0.25, 0.3) is 11.1 Å². The van der Waals surface area contributed by atoms with Crippen LogP contribution in [-0.4, -0.2) is 30.6 Å². The second-order valence-electron chi connectivity index (χ2n) is 10.0. The van der Waals surface area contributed by atoms with Gasteiger partial charge in [-0.2, -0.15) is 0 Å². The highest BCUT2D eigenvalue weighted by Gasteiger charge is 2.50. The van der Waals surface area contributed by atoms with Crippen LogP contribution in [-0.2, 0) is 18.4 Å². The second-order valence-corrected chi connectivity index (χ2v) is 10.4. The van der Waals surface area contributed by atoms with Crippen LogP contribution in [0.5, 0.6) is 5.75 Å². The van der Waals surface area contributed by atoms with Gasteiger partial charge in [0.2, 0.25) is 0 Å². The Hall–Kier alpha value is -3.00. The van der Waals surface area contributed by atoms with Crippen LogP contribution in [0.15, 0.2) is 42.5 Å². The molecule has 0 bridgehead atoms. The van der Waals surface area contributed by atoms with Crippen LogP contribution in [0.3, 0.4) is 0 Å². The Morgan fingerprint density at radius 1 is 1.16 bits per heavy atom. The molecule has 1 aliphatic carbocycles. The molecule has 37 heavy (non-hydrogen) atoms. The monoisotopic (exact) mass is 524 g/mol. The summed E-state index contributed by atoms with van der Waals surface area (Å²) >= 11 is 6.59. The number of carbonyl (C=O) groups excluding carboxylic acids is 1. The number of amides is 1. The SMILES string of the molecule is CNC(=O)c1cc2c(c(F)c1-c1c(Cl)c(F)cc3c1C[C@](c1ccccc1)([C@@H]1CCCN1)O3)CC[C@@H]2O. The van der Waals surface area contributed by atoms with Crippen LogP contribution >= 0.6 is 11.6 Å². The Morgan fingerprint density at radius 2 is 1.95 bits per heavy atom. The Kier molecular flexibility index (Phi) is 5.97. The van der Waals surface area contributed by atoms with Gasteiger partial charge >= 0.3 is 0 Å². The zero-order chi connectivity index (χ0) is 25.9. The zero-order valence-corrected chi connectivity index (χ0v) is 21.1. The first-order valence-corrected chi connectivity index (χ1v) is 13.0. The predicted molar refractivity (Wildman–Crippen MR) is 137 cm³/mol. The van der Waals surface area contributed by atoms with E-state index < -0.39 is 29.2 Å². The first kappa shape index (κ1) is 24.3. The van der Waals surface area contributed by atoms with Crippen molar-refractivity contribution >= 4 is 17.5 Å². The minimum absolute atomic E-state index is 0.00519. The fourth-order valence-electron chi connectivity index (χ4n) is 6.28. The summed E-state index contributed by atoms with van der Waals surface area (Å²) in [5, 5.41) is 16.2. The van der Waals surface area contributed by atoms with Crippen LogP contribution in [0, 0.1) is 11.6 Å². The number of hydrogen-bond acceptors (Lipinski definition) is 4. The minimum atomic E-state index is -0.863. The smallest absolute Gasteiger partial charge is 0.251 e. The molecule has 5 nitrogen and oxygen atoms in total. The fourth-order valence-corrected chi connectivity index (χ4v) is 6.54. The zero-order valence-electron chi connectivity index (χ0n) is 20.3. The number of hydrogen-bond donors (Lipinski definition) is 3. The lowest BCUT2D eigenvalue weighted by Crippen LogP contribution is -2.48. The first-order valence-electron chi connectivity index (χ1n) is 12.6. The van der Waals surface area contributed by atoms with E-state index in [4.69, 9.17) is 16.3 Å². The number of rotatable bonds is 4. The van der Waals surface area contributed by atoms with Crippen molar-refractivity contribution in [1.29, 1.82) is 0 Å². The molecule has 0 aromatic heterocycles. The molecular formula is C29H27ClF2N2O3. The third-order valence-electron chi connectivity index (χ3n) is 8.05. The normalized spacial score (nSPS) is 24.0. The van der Waals surface area contributed by atoms with Crippen molar-refractivity contribution in [1.82, 2.24) is 10.6 Å². The van der Waals surface area contributed by atoms with Crippen molar-refractivity contribution in [3.05, 3.63) is 86.9 Å². The number of carbonyl (C=O) groups is 1. The van der Waals surface area contributed by atoms with Crippen molar-refractivity contribution in [3.63, 3.8) is 0 Å². The Bertz CT molecular complexity index is 1410. The molecule has 1 amide bonds. The number of benzene rings is 3. The molecule has 6 rings (SSSR count). The maximum atomic E-state index is 16.3. The topological polar surface area (TPSA) is 70.6 Å². The lowest BCUT2D eigenvalue weighted by atomic mass is 9.80. The number of nitrogens with one attached hydrogen (secondary N) is 2. The van der Waals surface area contributed by atoms with E-state index in [1.807, 2.05) is 30.3 Å². The highest BCUT2D eigenvalue weighted by molar-refractivity contribution is 6.34. The quantitative estimate of drug-likeness (QED) is 0.438. The number of aliphatic hydroxyl groups excluding tert-OH is 1. The van der Waals surface area contributed by atoms with Crippen LogP contribution < -0.4 is 15.4 Å². The third kappa shape index (κ3) is 3.67. The van der Waals surface area contributed by atoms with Gasteiger partial charge in [-0.15, -0.1) is 0 Å². The molecule has 192 valence electrons. The van der Waals surface area contributed by atoms with Crippen molar-refractivity contribution in [2.24, 2.45) is 0 Å². The lowest BCUT2D eigenvalue weighted by Gasteiger charge is -2.35. The van der Waals surface area contributed by atoms with E-state index in [2.05, 4.69) is 10.6 Å². The summed E-state index contributed by atoms with van der Waals surface area (Å²) in [4.78, 5) is 13.0. The van der Waals surface area contributed by atoms with E-state index in [1.165, 1.54) is 19.2 Å². The Morgan fingerprint density at radius 3 is 2.65 bits per heavy atom. The average molecular weight is 525 g/mol. The van der Waals surface area contributed by atoms with Crippen molar-refractivity contribution < 1.29 is 23.4 Å². The minimum Gasteiger partial charge on any atom is -0.480 e. The standard InChI is InChI=1S/C29H27ClF2N2O3/c1-33-28(36)18-12-17-16(9-10-21(17)35)27(32)25(18)24-19-14-29(23-8-5-11-34-23,15-6-3-2-4-7-15)37-22(19)13-20(31)26(24)30/h2-4,6-7,12-13,21,23,34-35H,5,8-11,14H2,1H3,(H,33,36)/t21-,23-,29-/m0/s1. The molecule has 2 aliphatic heterocycles. The number of halogens is 3. The molecule has 3 aromatic carbocycles. The van der Waals surface area contributed by atoms with Gasteiger partial charge in [-0.3, -0.25) is 4.79 Å². The van der Waals surface area contributed by atoms with E-state index in [9.17, 15) is 9.90 Å².